The molecule has 1 aromatic rings. The molecule has 0 bridgehead atoms. The van der Waals surface area contributed by atoms with Gasteiger partial charge in [0.05, 0.1) is 5.92 Å². The van der Waals surface area contributed by atoms with E-state index in [1.54, 1.807) is 6.20 Å². The number of rotatable bonds is 2. The monoisotopic (exact) mass is 262 g/mol. The molecular formula is C14H22N4O. The number of nitrogens with one attached hydrogen (secondary N) is 2. The summed E-state index contributed by atoms with van der Waals surface area (Å²) in [6, 6.07) is 2.05. The summed E-state index contributed by atoms with van der Waals surface area (Å²) in [7, 11) is 0. The van der Waals surface area contributed by atoms with Gasteiger partial charge in [-0.25, -0.2) is 0 Å². The Bertz CT molecular complexity index is 403. The van der Waals surface area contributed by atoms with Gasteiger partial charge in [0.15, 0.2) is 0 Å². The number of aromatic amines is 1. The van der Waals surface area contributed by atoms with Crippen LogP contribution in [0.15, 0.2) is 12.3 Å². The maximum Gasteiger partial charge on any atom is 0.226 e. The Morgan fingerprint density at radius 1 is 1.32 bits per heavy atom. The van der Waals surface area contributed by atoms with Crippen LogP contribution in [-0.2, 0) is 4.79 Å². The Morgan fingerprint density at radius 3 is 2.79 bits per heavy atom. The first-order chi connectivity index (χ1) is 9.34. The predicted octanol–water partition coefficient (Wildman–Crippen LogP) is 1.12. The fourth-order valence-electron chi connectivity index (χ4n) is 3.23. The third-order valence-electron chi connectivity index (χ3n) is 4.41. The summed E-state index contributed by atoms with van der Waals surface area (Å²) in [6.45, 7) is 3.70. The highest BCUT2D eigenvalue weighted by Gasteiger charge is 2.29. The zero-order chi connectivity index (χ0) is 13.1. The first kappa shape index (κ1) is 12.7. The summed E-state index contributed by atoms with van der Waals surface area (Å²) >= 11 is 0. The zero-order valence-electron chi connectivity index (χ0n) is 11.3. The van der Waals surface area contributed by atoms with Crippen molar-refractivity contribution in [1.82, 2.24) is 20.4 Å². The minimum Gasteiger partial charge on any atom is -0.342 e. The summed E-state index contributed by atoms with van der Waals surface area (Å²) in [5.41, 5.74) is 1.21. The molecule has 5 heteroatoms. The van der Waals surface area contributed by atoms with Crippen molar-refractivity contribution in [3.05, 3.63) is 18.0 Å². The van der Waals surface area contributed by atoms with Crippen molar-refractivity contribution in [2.24, 2.45) is 5.92 Å². The van der Waals surface area contributed by atoms with Crippen molar-refractivity contribution in [2.45, 2.75) is 31.6 Å². The lowest BCUT2D eigenvalue weighted by Crippen LogP contribution is -2.45. The number of aromatic nitrogens is 2. The summed E-state index contributed by atoms with van der Waals surface area (Å²) in [5, 5.41) is 10.4. The molecule has 0 saturated carbocycles. The molecule has 3 rings (SSSR count). The summed E-state index contributed by atoms with van der Waals surface area (Å²) in [6.07, 6.45) is 6.08. The average molecular weight is 262 g/mol. The van der Waals surface area contributed by atoms with E-state index in [0.717, 1.165) is 51.9 Å². The third-order valence-corrected chi connectivity index (χ3v) is 4.41. The van der Waals surface area contributed by atoms with E-state index in [0.29, 0.717) is 11.8 Å². The zero-order valence-corrected chi connectivity index (χ0v) is 11.3. The quantitative estimate of drug-likeness (QED) is 0.839. The largest absolute Gasteiger partial charge is 0.342 e. The molecule has 2 N–H and O–H groups in total. The van der Waals surface area contributed by atoms with Gasteiger partial charge in [-0.2, -0.15) is 5.10 Å². The van der Waals surface area contributed by atoms with Gasteiger partial charge < -0.3 is 10.2 Å². The summed E-state index contributed by atoms with van der Waals surface area (Å²) in [5.74, 6) is 1.10. The second-order valence-electron chi connectivity index (χ2n) is 5.65. The lowest BCUT2D eigenvalue weighted by Gasteiger charge is -2.35. The van der Waals surface area contributed by atoms with Gasteiger partial charge in [0.2, 0.25) is 5.91 Å². The Labute approximate surface area is 113 Å². The number of amides is 1. The van der Waals surface area contributed by atoms with E-state index in [4.69, 9.17) is 0 Å². The third kappa shape index (κ3) is 2.81. The number of hydrogen-bond acceptors (Lipinski definition) is 3. The predicted molar refractivity (Wildman–Crippen MR) is 72.7 cm³/mol. The normalized spacial score (nSPS) is 25.5. The molecule has 19 heavy (non-hydrogen) atoms. The average Bonchev–Trinajstić information content (AvgIpc) is 3.02. The number of nitrogens with zero attached hydrogens (tertiary/aromatic N) is 2. The van der Waals surface area contributed by atoms with Crippen LogP contribution in [0.25, 0.3) is 0 Å². The number of carbonyl (C=O) groups excluding carboxylic acids is 1. The number of carbonyl (C=O) groups is 1. The Morgan fingerprint density at radius 2 is 2.16 bits per heavy atom. The number of H-pyrrole nitrogens is 1. The molecule has 5 nitrogen and oxygen atoms in total. The highest BCUT2D eigenvalue weighted by atomic mass is 16.2. The van der Waals surface area contributed by atoms with Crippen LogP contribution in [0, 0.1) is 5.92 Å². The SMILES string of the molecule is O=C(C1CCCNC1)N1CCC(c2ccn[nH]2)CC1. The fraction of sp³-hybridized carbons (Fsp3) is 0.714. The molecule has 2 fully saturated rings. The Balaban J connectivity index is 1.53. The number of hydrogen-bond donors (Lipinski definition) is 2. The van der Waals surface area contributed by atoms with Crippen molar-refractivity contribution in [3.63, 3.8) is 0 Å². The standard InChI is InChI=1S/C14H22N4O/c19-14(12-2-1-6-15-10-12)18-8-4-11(5-9-18)13-3-7-16-17-13/h3,7,11-12,15H,1-2,4-6,8-10H2,(H,16,17). The van der Waals surface area contributed by atoms with Crippen LogP contribution in [0.4, 0.5) is 0 Å². The molecule has 104 valence electrons. The Kier molecular flexibility index (Phi) is 3.82. The van der Waals surface area contributed by atoms with Gasteiger partial charge >= 0.3 is 0 Å². The minimum atomic E-state index is 0.206. The molecule has 1 amide bonds. The second kappa shape index (κ2) is 5.74. The lowest BCUT2D eigenvalue weighted by molar-refractivity contribution is -0.137. The van der Waals surface area contributed by atoms with Gasteiger partial charge in [0.1, 0.15) is 0 Å². The van der Waals surface area contributed by atoms with E-state index in [1.165, 1.54) is 5.69 Å². The van der Waals surface area contributed by atoms with Crippen molar-refractivity contribution >= 4 is 5.91 Å². The summed E-state index contributed by atoms with van der Waals surface area (Å²) in [4.78, 5) is 14.5. The fourth-order valence-corrected chi connectivity index (χ4v) is 3.23. The van der Waals surface area contributed by atoms with E-state index in [1.807, 2.05) is 6.07 Å². The van der Waals surface area contributed by atoms with Crippen LogP contribution in [0.1, 0.15) is 37.3 Å². The molecule has 2 saturated heterocycles. The molecule has 0 radical (unpaired) electrons. The molecule has 1 unspecified atom stereocenters. The second-order valence-corrected chi connectivity index (χ2v) is 5.65. The van der Waals surface area contributed by atoms with Crippen molar-refractivity contribution in [2.75, 3.05) is 26.2 Å². The van der Waals surface area contributed by atoms with Gasteiger partial charge in [-0.05, 0) is 38.3 Å². The molecule has 2 aliphatic rings. The first-order valence-corrected chi connectivity index (χ1v) is 7.33. The van der Waals surface area contributed by atoms with Crippen LogP contribution < -0.4 is 5.32 Å². The topological polar surface area (TPSA) is 61.0 Å². The van der Waals surface area contributed by atoms with E-state index in [9.17, 15) is 4.79 Å². The van der Waals surface area contributed by atoms with Crippen molar-refractivity contribution in [3.8, 4) is 0 Å². The van der Waals surface area contributed by atoms with E-state index in [2.05, 4.69) is 20.4 Å². The van der Waals surface area contributed by atoms with Gasteiger partial charge in [0, 0.05) is 37.4 Å². The molecule has 2 aliphatic heterocycles. The van der Waals surface area contributed by atoms with Crippen LogP contribution in [-0.4, -0.2) is 47.2 Å². The molecule has 0 aromatic carbocycles. The van der Waals surface area contributed by atoms with Crippen LogP contribution in [0.2, 0.25) is 0 Å². The highest BCUT2D eigenvalue weighted by molar-refractivity contribution is 5.79. The molecule has 0 spiro atoms. The van der Waals surface area contributed by atoms with Gasteiger partial charge in [-0.1, -0.05) is 0 Å². The number of likely N-dealkylation sites (tertiary alicyclic amines) is 1. The maximum atomic E-state index is 12.4. The van der Waals surface area contributed by atoms with E-state index >= 15 is 0 Å². The van der Waals surface area contributed by atoms with E-state index in [-0.39, 0.29) is 5.92 Å². The van der Waals surface area contributed by atoms with Crippen LogP contribution in [0.5, 0.6) is 0 Å². The summed E-state index contributed by atoms with van der Waals surface area (Å²) < 4.78 is 0. The van der Waals surface area contributed by atoms with Gasteiger partial charge in [-0.3, -0.25) is 9.89 Å². The van der Waals surface area contributed by atoms with Crippen molar-refractivity contribution < 1.29 is 4.79 Å². The van der Waals surface area contributed by atoms with Gasteiger partial charge in [-0.15, -0.1) is 0 Å². The molecule has 1 aromatic heterocycles. The smallest absolute Gasteiger partial charge is 0.226 e. The molecule has 3 heterocycles. The highest BCUT2D eigenvalue weighted by Crippen LogP contribution is 2.27. The number of piperidine rings is 2. The minimum absolute atomic E-state index is 0.206. The van der Waals surface area contributed by atoms with Crippen molar-refractivity contribution in [1.29, 1.82) is 0 Å². The van der Waals surface area contributed by atoms with Gasteiger partial charge in [0.25, 0.3) is 0 Å². The van der Waals surface area contributed by atoms with E-state index < -0.39 is 0 Å². The Hall–Kier alpha value is -1.36. The molecular weight excluding hydrogens is 240 g/mol. The first-order valence-electron chi connectivity index (χ1n) is 7.33. The molecule has 1 atom stereocenters. The van der Waals surface area contributed by atoms with Crippen LogP contribution in [0.3, 0.4) is 0 Å². The lowest BCUT2D eigenvalue weighted by atomic mass is 9.91. The molecule has 0 aliphatic carbocycles. The van der Waals surface area contributed by atoms with Crippen LogP contribution >= 0.6 is 0 Å². The maximum absolute atomic E-state index is 12.4.